The Morgan fingerprint density at radius 3 is 2.35 bits per heavy atom. The number of alkyl halides is 3. The third-order valence-corrected chi connectivity index (χ3v) is 4.35. The van der Waals surface area contributed by atoms with Crippen LogP contribution in [-0.4, -0.2) is 12.1 Å². The lowest BCUT2D eigenvalue weighted by atomic mass is 10.1. The number of halogens is 4. The molecule has 0 fully saturated rings. The molecule has 2 aromatic rings. The van der Waals surface area contributed by atoms with Gasteiger partial charge in [-0.25, -0.2) is 0 Å². The fraction of sp³-hybridized carbons (Fsp3) is 0.154. The van der Waals surface area contributed by atoms with Gasteiger partial charge in [-0.05, 0) is 51.6 Å². The quantitative estimate of drug-likeness (QED) is 0.726. The zero-order valence-corrected chi connectivity index (χ0v) is 12.3. The van der Waals surface area contributed by atoms with Gasteiger partial charge in [0.2, 0.25) is 0 Å². The topological polar surface area (TPSA) is 26.3 Å². The summed E-state index contributed by atoms with van der Waals surface area (Å²) in [7, 11) is 0. The zero-order chi connectivity index (χ0) is 14.8. The van der Waals surface area contributed by atoms with Gasteiger partial charge in [0.05, 0.1) is 0 Å². The van der Waals surface area contributed by atoms with E-state index >= 15 is 0 Å². The fourth-order valence-corrected chi connectivity index (χ4v) is 3.03. The Hall–Kier alpha value is -1.34. The number of ether oxygens (including phenoxy) is 1. The van der Waals surface area contributed by atoms with Gasteiger partial charge in [-0.15, -0.1) is 24.5 Å². The lowest BCUT2D eigenvalue weighted by molar-refractivity contribution is -0.274. The first kappa shape index (κ1) is 15.1. The number of ketones is 1. The minimum absolute atomic E-state index is 0.160. The van der Waals surface area contributed by atoms with Crippen molar-refractivity contribution in [3.8, 4) is 5.75 Å². The van der Waals surface area contributed by atoms with Crippen LogP contribution in [0.4, 0.5) is 13.2 Å². The summed E-state index contributed by atoms with van der Waals surface area (Å²) >= 11 is 4.77. The molecule has 0 aliphatic rings. The van der Waals surface area contributed by atoms with E-state index in [4.69, 9.17) is 0 Å². The normalized spacial score (nSPS) is 11.4. The van der Waals surface area contributed by atoms with Gasteiger partial charge in [0.25, 0.3) is 0 Å². The third-order valence-electron chi connectivity index (χ3n) is 2.42. The smallest absolute Gasteiger partial charge is 0.406 e. The van der Waals surface area contributed by atoms with Gasteiger partial charge in [0.15, 0.2) is 5.78 Å². The standard InChI is InChI=1S/C13H8BrF3O2S/c14-10-5-6-20-12(10)7-11(18)8-1-3-9(4-2-8)19-13(15,16)17/h1-6H,7H2. The molecule has 106 valence electrons. The van der Waals surface area contributed by atoms with Crippen molar-refractivity contribution in [2.24, 2.45) is 0 Å². The second-order valence-electron chi connectivity index (χ2n) is 3.86. The lowest BCUT2D eigenvalue weighted by Crippen LogP contribution is -2.17. The Morgan fingerprint density at radius 2 is 1.85 bits per heavy atom. The van der Waals surface area contributed by atoms with Gasteiger partial charge in [-0.2, -0.15) is 0 Å². The van der Waals surface area contributed by atoms with E-state index in [9.17, 15) is 18.0 Å². The molecule has 0 spiro atoms. The summed E-state index contributed by atoms with van der Waals surface area (Å²) < 4.78 is 40.6. The van der Waals surface area contributed by atoms with Crippen molar-refractivity contribution < 1.29 is 22.7 Å². The molecular weight excluding hydrogens is 357 g/mol. The average molecular weight is 365 g/mol. The van der Waals surface area contributed by atoms with Crippen LogP contribution in [-0.2, 0) is 6.42 Å². The summed E-state index contributed by atoms with van der Waals surface area (Å²) in [6.45, 7) is 0. The molecule has 0 bridgehead atoms. The van der Waals surface area contributed by atoms with Crippen LogP contribution in [0.25, 0.3) is 0 Å². The first-order chi connectivity index (χ1) is 9.35. The predicted molar refractivity (Wildman–Crippen MR) is 73.2 cm³/mol. The van der Waals surface area contributed by atoms with Crippen molar-refractivity contribution in [3.05, 3.63) is 50.6 Å². The van der Waals surface area contributed by atoms with Crippen molar-refractivity contribution >= 4 is 33.0 Å². The van der Waals surface area contributed by atoms with Crippen molar-refractivity contribution in [3.63, 3.8) is 0 Å². The minimum atomic E-state index is -4.73. The van der Waals surface area contributed by atoms with Gasteiger partial charge in [0, 0.05) is 21.3 Å². The minimum Gasteiger partial charge on any atom is -0.406 e. The highest BCUT2D eigenvalue weighted by molar-refractivity contribution is 9.10. The molecule has 2 nitrogen and oxygen atoms in total. The monoisotopic (exact) mass is 364 g/mol. The number of carbonyl (C=O) groups excluding carboxylic acids is 1. The summed E-state index contributed by atoms with van der Waals surface area (Å²) in [4.78, 5) is 12.9. The molecule has 0 saturated heterocycles. The summed E-state index contributed by atoms with van der Waals surface area (Å²) in [6.07, 6.45) is -4.52. The van der Waals surface area contributed by atoms with E-state index in [0.29, 0.717) is 5.56 Å². The van der Waals surface area contributed by atoms with Crippen molar-refractivity contribution in [2.75, 3.05) is 0 Å². The summed E-state index contributed by atoms with van der Waals surface area (Å²) in [5.41, 5.74) is 0.347. The van der Waals surface area contributed by atoms with Crippen LogP contribution in [0, 0.1) is 0 Å². The number of rotatable bonds is 4. The fourth-order valence-electron chi connectivity index (χ4n) is 1.54. The maximum atomic E-state index is 12.0. The van der Waals surface area contributed by atoms with E-state index in [2.05, 4.69) is 20.7 Å². The second-order valence-corrected chi connectivity index (χ2v) is 5.72. The summed E-state index contributed by atoms with van der Waals surface area (Å²) in [5.74, 6) is -0.502. The number of carbonyl (C=O) groups is 1. The van der Waals surface area contributed by atoms with Crippen LogP contribution in [0.3, 0.4) is 0 Å². The van der Waals surface area contributed by atoms with Crippen LogP contribution in [0.5, 0.6) is 5.75 Å². The molecule has 0 atom stereocenters. The van der Waals surface area contributed by atoms with Crippen molar-refractivity contribution in [1.29, 1.82) is 0 Å². The number of hydrogen-bond donors (Lipinski definition) is 0. The maximum absolute atomic E-state index is 12.0. The number of hydrogen-bond acceptors (Lipinski definition) is 3. The highest BCUT2D eigenvalue weighted by Gasteiger charge is 2.31. The van der Waals surface area contributed by atoms with Gasteiger partial charge in [0.1, 0.15) is 5.75 Å². The van der Waals surface area contributed by atoms with Crippen molar-refractivity contribution in [2.45, 2.75) is 12.8 Å². The molecule has 1 heterocycles. The molecule has 1 aromatic heterocycles. The molecule has 0 radical (unpaired) electrons. The molecule has 0 unspecified atom stereocenters. The van der Waals surface area contributed by atoms with E-state index in [-0.39, 0.29) is 18.0 Å². The molecule has 0 aliphatic carbocycles. The average Bonchev–Trinajstić information content (AvgIpc) is 2.74. The highest BCUT2D eigenvalue weighted by Crippen LogP contribution is 2.26. The van der Waals surface area contributed by atoms with Crippen LogP contribution < -0.4 is 4.74 Å². The summed E-state index contributed by atoms with van der Waals surface area (Å²) in [5, 5.41) is 1.85. The van der Waals surface area contributed by atoms with E-state index in [1.165, 1.54) is 23.5 Å². The van der Waals surface area contributed by atoms with Crippen molar-refractivity contribution in [1.82, 2.24) is 0 Å². The molecule has 7 heteroatoms. The molecule has 20 heavy (non-hydrogen) atoms. The predicted octanol–water partition coefficient (Wildman–Crippen LogP) is 4.83. The number of thiophene rings is 1. The Morgan fingerprint density at radius 1 is 1.20 bits per heavy atom. The highest BCUT2D eigenvalue weighted by atomic mass is 79.9. The molecule has 1 aromatic carbocycles. The van der Waals surface area contributed by atoms with Gasteiger partial charge in [-0.3, -0.25) is 4.79 Å². The van der Waals surface area contributed by atoms with E-state index in [1.807, 2.05) is 11.4 Å². The first-order valence-corrected chi connectivity index (χ1v) is 7.13. The van der Waals surface area contributed by atoms with Gasteiger partial charge in [-0.1, -0.05) is 0 Å². The number of Topliss-reactive ketones (excluding diaryl/α,β-unsaturated/α-hetero) is 1. The van der Waals surface area contributed by atoms with Crippen LogP contribution >= 0.6 is 27.3 Å². The zero-order valence-electron chi connectivity index (χ0n) is 9.91. The molecule has 2 rings (SSSR count). The Labute approximate surface area is 125 Å². The number of benzene rings is 1. The van der Waals surface area contributed by atoms with E-state index in [1.54, 1.807) is 0 Å². The van der Waals surface area contributed by atoms with Crippen LogP contribution in [0.1, 0.15) is 15.2 Å². The Kier molecular flexibility index (Phi) is 4.49. The van der Waals surface area contributed by atoms with E-state index < -0.39 is 6.36 Å². The first-order valence-electron chi connectivity index (χ1n) is 5.46. The molecule has 0 N–H and O–H groups in total. The van der Waals surface area contributed by atoms with Crippen LogP contribution in [0.15, 0.2) is 40.2 Å². The molecule has 0 amide bonds. The van der Waals surface area contributed by atoms with Gasteiger partial charge < -0.3 is 4.74 Å². The Bertz CT molecular complexity index is 605. The SMILES string of the molecule is O=C(Cc1sccc1Br)c1ccc(OC(F)(F)F)cc1. The van der Waals surface area contributed by atoms with Crippen LogP contribution in [0.2, 0.25) is 0 Å². The van der Waals surface area contributed by atoms with Gasteiger partial charge >= 0.3 is 6.36 Å². The second kappa shape index (κ2) is 5.97. The Balaban J connectivity index is 2.06. The molecular formula is C13H8BrF3O2S. The molecule has 0 saturated carbocycles. The van der Waals surface area contributed by atoms with E-state index in [0.717, 1.165) is 21.5 Å². The maximum Gasteiger partial charge on any atom is 0.573 e. The third kappa shape index (κ3) is 4.08. The summed E-state index contributed by atoms with van der Waals surface area (Å²) in [6, 6.07) is 6.75. The lowest BCUT2D eigenvalue weighted by Gasteiger charge is -2.08. The largest absolute Gasteiger partial charge is 0.573 e. The molecule has 0 aliphatic heterocycles.